The van der Waals surface area contributed by atoms with Crippen LogP contribution in [0.2, 0.25) is 0 Å². The lowest BCUT2D eigenvalue weighted by atomic mass is 9.80. The van der Waals surface area contributed by atoms with E-state index in [0.29, 0.717) is 18.9 Å². The Morgan fingerprint density at radius 2 is 1.86 bits per heavy atom. The summed E-state index contributed by atoms with van der Waals surface area (Å²) in [6.45, 7) is 0.659. The number of carbonyl (C=O) groups is 1. The maximum absolute atomic E-state index is 12.5. The topological polar surface area (TPSA) is 29.5 Å². The first-order valence-corrected chi connectivity index (χ1v) is 8.32. The highest BCUT2D eigenvalue weighted by Gasteiger charge is 2.58. The van der Waals surface area contributed by atoms with Gasteiger partial charge in [0.25, 0.3) is 0 Å². The van der Waals surface area contributed by atoms with Crippen molar-refractivity contribution in [3.05, 3.63) is 35.9 Å². The van der Waals surface area contributed by atoms with E-state index in [1.807, 2.05) is 6.07 Å². The monoisotopic (exact) mass is 285 g/mol. The van der Waals surface area contributed by atoms with Crippen molar-refractivity contribution in [3.63, 3.8) is 0 Å². The summed E-state index contributed by atoms with van der Waals surface area (Å²) >= 11 is 0. The number of rotatable bonds is 2. The third-order valence-corrected chi connectivity index (χ3v) is 5.60. The molecule has 3 nitrogen and oxygen atoms in total. The van der Waals surface area contributed by atoms with Gasteiger partial charge >= 0.3 is 0 Å². The highest BCUT2D eigenvalue weighted by Crippen LogP contribution is 2.52. The molecule has 2 heterocycles. The maximum atomic E-state index is 12.5. The van der Waals surface area contributed by atoms with E-state index in [1.54, 1.807) is 0 Å². The van der Waals surface area contributed by atoms with Gasteiger partial charge in [-0.25, -0.2) is 0 Å². The lowest BCUT2D eigenvalue weighted by molar-refractivity contribution is -0.149. The quantitative estimate of drug-likeness (QED) is 0.830. The summed E-state index contributed by atoms with van der Waals surface area (Å²) in [4.78, 5) is 14.6. The molecule has 2 atom stereocenters. The van der Waals surface area contributed by atoms with Gasteiger partial charge in [0, 0.05) is 18.8 Å². The van der Waals surface area contributed by atoms with E-state index in [2.05, 4.69) is 29.2 Å². The normalized spacial score (nSPS) is 33.4. The smallest absolute Gasteiger partial charge is 0.225 e. The molecular weight excluding hydrogens is 262 g/mol. The Labute approximate surface area is 126 Å². The predicted molar refractivity (Wildman–Crippen MR) is 80.5 cm³/mol. The largest absolute Gasteiger partial charge is 0.353 e. The Kier molecular flexibility index (Phi) is 3.26. The van der Waals surface area contributed by atoms with E-state index in [0.717, 1.165) is 6.42 Å². The molecule has 0 unspecified atom stereocenters. The summed E-state index contributed by atoms with van der Waals surface area (Å²) < 4.78 is 6.35. The Hall–Kier alpha value is -1.35. The fourth-order valence-corrected chi connectivity index (χ4v) is 4.61. The molecule has 4 rings (SSSR count). The van der Waals surface area contributed by atoms with Crippen LogP contribution in [0.1, 0.15) is 56.6 Å². The van der Waals surface area contributed by atoms with Crippen LogP contribution in [0.3, 0.4) is 0 Å². The van der Waals surface area contributed by atoms with E-state index in [-0.39, 0.29) is 17.7 Å². The van der Waals surface area contributed by atoms with Crippen LogP contribution in [-0.2, 0) is 9.53 Å². The minimum atomic E-state index is -0.294. The van der Waals surface area contributed by atoms with Gasteiger partial charge < -0.3 is 9.64 Å². The number of hydrogen-bond donors (Lipinski definition) is 0. The van der Waals surface area contributed by atoms with Gasteiger partial charge in [0.15, 0.2) is 0 Å². The number of hydrogen-bond acceptors (Lipinski definition) is 2. The molecule has 0 radical (unpaired) electrons. The van der Waals surface area contributed by atoms with E-state index < -0.39 is 0 Å². The van der Waals surface area contributed by atoms with Crippen LogP contribution in [0.15, 0.2) is 30.3 Å². The lowest BCUT2D eigenvalue weighted by Gasteiger charge is -2.41. The second kappa shape index (κ2) is 5.13. The van der Waals surface area contributed by atoms with Gasteiger partial charge in [0.1, 0.15) is 5.72 Å². The molecule has 3 heteroatoms. The van der Waals surface area contributed by atoms with Crippen molar-refractivity contribution in [1.82, 2.24) is 4.90 Å². The first-order valence-electron chi connectivity index (χ1n) is 8.32. The van der Waals surface area contributed by atoms with E-state index in [4.69, 9.17) is 4.74 Å². The van der Waals surface area contributed by atoms with Crippen molar-refractivity contribution in [2.75, 3.05) is 6.61 Å². The third-order valence-electron chi connectivity index (χ3n) is 5.60. The van der Waals surface area contributed by atoms with Crippen LogP contribution in [-0.4, -0.2) is 23.1 Å². The molecule has 1 aromatic rings. The van der Waals surface area contributed by atoms with Crippen molar-refractivity contribution in [2.45, 2.75) is 56.7 Å². The molecule has 1 saturated carbocycles. The second-order valence-corrected chi connectivity index (χ2v) is 6.68. The summed E-state index contributed by atoms with van der Waals surface area (Å²) in [7, 11) is 0. The van der Waals surface area contributed by atoms with Gasteiger partial charge in [-0.3, -0.25) is 4.79 Å². The zero-order chi connectivity index (χ0) is 14.3. The van der Waals surface area contributed by atoms with Gasteiger partial charge in [0.2, 0.25) is 5.91 Å². The standard InChI is InChI=1S/C18H23NO2/c20-17-11-12-18(15-9-5-2-6-10-15)19(17)16(13-21-18)14-7-3-1-4-8-14/h1,3-4,7-8,15-16H,2,5-6,9-13H2/t16-,18+/m1/s1. The van der Waals surface area contributed by atoms with Crippen molar-refractivity contribution < 1.29 is 9.53 Å². The van der Waals surface area contributed by atoms with Crippen LogP contribution < -0.4 is 0 Å². The molecule has 2 saturated heterocycles. The highest BCUT2D eigenvalue weighted by atomic mass is 16.5. The van der Waals surface area contributed by atoms with Crippen molar-refractivity contribution >= 4 is 5.91 Å². The maximum Gasteiger partial charge on any atom is 0.225 e. The average Bonchev–Trinajstić information content (AvgIpc) is 3.09. The minimum Gasteiger partial charge on any atom is -0.353 e. The Morgan fingerprint density at radius 3 is 2.62 bits per heavy atom. The van der Waals surface area contributed by atoms with Crippen LogP contribution >= 0.6 is 0 Å². The number of benzene rings is 1. The molecule has 0 aromatic heterocycles. The molecule has 112 valence electrons. The highest BCUT2D eigenvalue weighted by molar-refractivity contribution is 5.80. The van der Waals surface area contributed by atoms with E-state index in [9.17, 15) is 4.79 Å². The zero-order valence-corrected chi connectivity index (χ0v) is 12.5. The molecule has 0 bridgehead atoms. The van der Waals surface area contributed by atoms with Crippen LogP contribution in [0.25, 0.3) is 0 Å². The molecule has 3 fully saturated rings. The van der Waals surface area contributed by atoms with Gasteiger partial charge in [-0.05, 0) is 18.4 Å². The molecule has 0 spiro atoms. The van der Waals surface area contributed by atoms with Crippen molar-refractivity contribution in [1.29, 1.82) is 0 Å². The fourth-order valence-electron chi connectivity index (χ4n) is 4.61. The average molecular weight is 285 g/mol. The molecule has 3 aliphatic rings. The Morgan fingerprint density at radius 1 is 1.10 bits per heavy atom. The molecule has 1 amide bonds. The molecule has 21 heavy (non-hydrogen) atoms. The third kappa shape index (κ3) is 2.02. The van der Waals surface area contributed by atoms with Crippen LogP contribution in [0.4, 0.5) is 0 Å². The first-order chi connectivity index (χ1) is 10.3. The van der Waals surface area contributed by atoms with E-state index >= 15 is 0 Å². The van der Waals surface area contributed by atoms with Crippen LogP contribution in [0, 0.1) is 5.92 Å². The number of amides is 1. The molecule has 1 aromatic carbocycles. The summed E-state index contributed by atoms with van der Waals surface area (Å²) in [5, 5.41) is 0. The summed E-state index contributed by atoms with van der Waals surface area (Å²) in [5.74, 6) is 0.818. The summed E-state index contributed by atoms with van der Waals surface area (Å²) in [5.41, 5.74) is 0.920. The molecule has 1 aliphatic carbocycles. The second-order valence-electron chi connectivity index (χ2n) is 6.68. The lowest BCUT2D eigenvalue weighted by Crippen LogP contribution is -2.49. The van der Waals surface area contributed by atoms with Gasteiger partial charge in [-0.15, -0.1) is 0 Å². The van der Waals surface area contributed by atoms with Gasteiger partial charge in [-0.2, -0.15) is 0 Å². The number of carbonyl (C=O) groups excluding carboxylic acids is 1. The Balaban J connectivity index is 1.67. The number of nitrogens with zero attached hydrogens (tertiary/aromatic N) is 1. The van der Waals surface area contributed by atoms with Crippen molar-refractivity contribution in [3.8, 4) is 0 Å². The minimum absolute atomic E-state index is 0.114. The van der Waals surface area contributed by atoms with Gasteiger partial charge in [-0.1, -0.05) is 49.6 Å². The SMILES string of the molecule is O=C1CC[C@@]2(C3CCCCC3)OC[C@H](c3ccccc3)N12. The Bertz CT molecular complexity index is 523. The summed E-state index contributed by atoms with van der Waals surface area (Å²) in [6.07, 6.45) is 7.88. The van der Waals surface area contributed by atoms with Crippen molar-refractivity contribution in [2.24, 2.45) is 5.92 Å². The zero-order valence-electron chi connectivity index (χ0n) is 12.5. The van der Waals surface area contributed by atoms with E-state index in [1.165, 1.54) is 37.7 Å². The van der Waals surface area contributed by atoms with Crippen LogP contribution in [0.5, 0.6) is 0 Å². The molecule has 0 N–H and O–H groups in total. The summed E-state index contributed by atoms with van der Waals surface area (Å²) in [6, 6.07) is 10.5. The van der Waals surface area contributed by atoms with Gasteiger partial charge in [0.05, 0.1) is 12.6 Å². The predicted octanol–water partition coefficient (Wildman–Crippen LogP) is 3.66. The molecule has 2 aliphatic heterocycles. The first kappa shape index (κ1) is 13.3. The fraction of sp³-hybridized carbons (Fsp3) is 0.611. The number of ether oxygens (including phenoxy) is 1. The molecular formula is C18H23NO2. The number of fused-ring (bicyclic) bond motifs is 1.